The second-order valence-corrected chi connectivity index (χ2v) is 6.66. The van der Waals surface area contributed by atoms with Crippen LogP contribution in [0.3, 0.4) is 0 Å². The summed E-state index contributed by atoms with van der Waals surface area (Å²) >= 11 is 0. The number of piperidine rings is 1. The van der Waals surface area contributed by atoms with Gasteiger partial charge >= 0.3 is 11.9 Å². The fourth-order valence-electron chi connectivity index (χ4n) is 3.68. The van der Waals surface area contributed by atoms with Crippen LogP contribution in [0, 0.1) is 12.8 Å². The van der Waals surface area contributed by atoms with Crippen molar-refractivity contribution in [3.63, 3.8) is 0 Å². The normalized spacial score (nSPS) is 15.2. The molecule has 0 aliphatic carbocycles. The maximum atomic E-state index is 12.5. The average molecular weight is 374 g/mol. The molecule has 27 heavy (non-hydrogen) atoms. The third-order valence-corrected chi connectivity index (χ3v) is 4.93. The summed E-state index contributed by atoms with van der Waals surface area (Å²) in [6, 6.07) is 0. The van der Waals surface area contributed by atoms with E-state index in [1.165, 1.54) is 0 Å². The SMILES string of the molecule is CCOC(=O)c1cnc2c(c(C)nn2C)c1N1CCC(C(=O)OCC)CC1. The number of carbonyl (C=O) groups is 2. The zero-order valence-corrected chi connectivity index (χ0v) is 16.3. The van der Waals surface area contributed by atoms with Crippen LogP contribution >= 0.6 is 0 Å². The first-order chi connectivity index (χ1) is 13.0. The molecule has 8 nitrogen and oxygen atoms in total. The number of fused-ring (bicyclic) bond motifs is 1. The van der Waals surface area contributed by atoms with Crippen molar-refractivity contribution >= 4 is 28.7 Å². The summed E-state index contributed by atoms with van der Waals surface area (Å²) in [5.41, 5.74) is 2.78. The zero-order valence-electron chi connectivity index (χ0n) is 16.3. The second kappa shape index (κ2) is 7.94. The molecule has 1 aliphatic heterocycles. The Bertz CT molecular complexity index is 853. The molecule has 0 N–H and O–H groups in total. The third kappa shape index (κ3) is 3.61. The van der Waals surface area contributed by atoms with Gasteiger partial charge in [0.2, 0.25) is 0 Å². The standard InChI is InChI=1S/C19H26N4O4/c1-5-26-18(24)13-7-9-23(10-8-13)16-14(19(25)27-6-2)11-20-17-15(16)12(3)21-22(17)4/h11,13H,5-10H2,1-4H3. The number of carbonyl (C=O) groups excluding carboxylic acids is 2. The van der Waals surface area contributed by atoms with Crippen LogP contribution in [0.4, 0.5) is 5.69 Å². The van der Waals surface area contributed by atoms with Crippen LogP contribution < -0.4 is 4.90 Å². The maximum absolute atomic E-state index is 12.5. The van der Waals surface area contributed by atoms with E-state index in [1.807, 2.05) is 20.9 Å². The Hall–Kier alpha value is -2.64. The van der Waals surface area contributed by atoms with E-state index in [0.29, 0.717) is 44.7 Å². The summed E-state index contributed by atoms with van der Waals surface area (Å²) in [6.07, 6.45) is 2.93. The molecule has 0 aromatic carbocycles. The van der Waals surface area contributed by atoms with Crippen molar-refractivity contribution in [3.8, 4) is 0 Å². The number of pyridine rings is 1. The fourth-order valence-corrected chi connectivity index (χ4v) is 3.68. The number of ether oxygens (including phenoxy) is 2. The quantitative estimate of drug-likeness (QED) is 0.742. The van der Waals surface area contributed by atoms with E-state index in [1.54, 1.807) is 17.8 Å². The largest absolute Gasteiger partial charge is 0.466 e. The first kappa shape index (κ1) is 19.1. The minimum Gasteiger partial charge on any atom is -0.466 e. The van der Waals surface area contributed by atoms with Gasteiger partial charge in [-0.2, -0.15) is 5.10 Å². The number of hydrogen-bond donors (Lipinski definition) is 0. The molecule has 2 aromatic rings. The van der Waals surface area contributed by atoms with E-state index in [9.17, 15) is 9.59 Å². The van der Waals surface area contributed by atoms with E-state index in [0.717, 1.165) is 22.4 Å². The molecule has 0 unspecified atom stereocenters. The molecule has 146 valence electrons. The van der Waals surface area contributed by atoms with E-state index in [-0.39, 0.29) is 11.9 Å². The first-order valence-electron chi connectivity index (χ1n) is 9.38. The van der Waals surface area contributed by atoms with Crippen LogP contribution in [0.2, 0.25) is 0 Å². The van der Waals surface area contributed by atoms with Gasteiger partial charge in [-0.25, -0.2) is 9.78 Å². The molecule has 0 bridgehead atoms. The molecule has 0 saturated carbocycles. The van der Waals surface area contributed by atoms with Gasteiger partial charge in [0.25, 0.3) is 0 Å². The Morgan fingerprint density at radius 2 is 1.85 bits per heavy atom. The Morgan fingerprint density at radius 3 is 2.48 bits per heavy atom. The van der Waals surface area contributed by atoms with E-state index in [4.69, 9.17) is 9.47 Å². The lowest BCUT2D eigenvalue weighted by Crippen LogP contribution is -2.38. The molecule has 3 rings (SSSR count). The Balaban J connectivity index is 1.98. The summed E-state index contributed by atoms with van der Waals surface area (Å²) in [6.45, 7) is 7.51. The van der Waals surface area contributed by atoms with Gasteiger partial charge in [0, 0.05) is 26.3 Å². The van der Waals surface area contributed by atoms with Gasteiger partial charge in [0.1, 0.15) is 5.56 Å². The average Bonchev–Trinajstić information content (AvgIpc) is 2.95. The molecule has 8 heteroatoms. The monoisotopic (exact) mass is 374 g/mol. The Labute approximate surface area is 158 Å². The van der Waals surface area contributed by atoms with Gasteiger partial charge < -0.3 is 14.4 Å². The summed E-state index contributed by atoms with van der Waals surface area (Å²) in [7, 11) is 1.84. The summed E-state index contributed by atoms with van der Waals surface area (Å²) in [4.78, 5) is 31.1. The minimum absolute atomic E-state index is 0.0976. The Morgan fingerprint density at radius 1 is 1.19 bits per heavy atom. The lowest BCUT2D eigenvalue weighted by molar-refractivity contribution is -0.148. The van der Waals surface area contributed by atoms with Crippen molar-refractivity contribution in [2.45, 2.75) is 33.6 Å². The maximum Gasteiger partial charge on any atom is 0.341 e. The predicted molar refractivity (Wildman–Crippen MR) is 101 cm³/mol. The van der Waals surface area contributed by atoms with Crippen molar-refractivity contribution in [3.05, 3.63) is 17.5 Å². The number of hydrogen-bond acceptors (Lipinski definition) is 7. The highest BCUT2D eigenvalue weighted by Crippen LogP contribution is 2.35. The highest BCUT2D eigenvalue weighted by atomic mass is 16.5. The number of aromatic nitrogens is 3. The van der Waals surface area contributed by atoms with Gasteiger partial charge in [-0.05, 0) is 33.6 Å². The van der Waals surface area contributed by atoms with Crippen LogP contribution in [-0.2, 0) is 21.3 Å². The highest BCUT2D eigenvalue weighted by molar-refractivity contribution is 6.05. The van der Waals surface area contributed by atoms with E-state index < -0.39 is 5.97 Å². The summed E-state index contributed by atoms with van der Waals surface area (Å²) in [5.74, 6) is -0.627. The minimum atomic E-state index is -0.391. The molecule has 2 aromatic heterocycles. The highest BCUT2D eigenvalue weighted by Gasteiger charge is 2.30. The van der Waals surface area contributed by atoms with Gasteiger partial charge in [-0.3, -0.25) is 9.48 Å². The van der Waals surface area contributed by atoms with Crippen molar-refractivity contribution in [2.24, 2.45) is 13.0 Å². The molecule has 0 atom stereocenters. The van der Waals surface area contributed by atoms with Crippen LogP contribution in [0.5, 0.6) is 0 Å². The van der Waals surface area contributed by atoms with Crippen LogP contribution in [-0.4, -0.2) is 53.0 Å². The predicted octanol–water partition coefficient (Wildman–Crippen LogP) is 2.23. The van der Waals surface area contributed by atoms with Gasteiger partial charge in [0.15, 0.2) is 5.65 Å². The smallest absolute Gasteiger partial charge is 0.341 e. The van der Waals surface area contributed by atoms with Crippen LogP contribution in [0.1, 0.15) is 42.7 Å². The summed E-state index contributed by atoms with van der Waals surface area (Å²) in [5, 5.41) is 5.32. The molecule has 0 amide bonds. The molecule has 0 spiro atoms. The van der Waals surface area contributed by atoms with E-state index in [2.05, 4.69) is 15.0 Å². The molecule has 1 aliphatic rings. The second-order valence-electron chi connectivity index (χ2n) is 6.66. The number of esters is 2. The Kier molecular flexibility index (Phi) is 5.62. The van der Waals surface area contributed by atoms with Crippen molar-refractivity contribution in [1.82, 2.24) is 14.8 Å². The van der Waals surface area contributed by atoms with Crippen molar-refractivity contribution in [2.75, 3.05) is 31.2 Å². The van der Waals surface area contributed by atoms with E-state index >= 15 is 0 Å². The molecule has 1 saturated heterocycles. The number of nitrogens with zero attached hydrogens (tertiary/aromatic N) is 4. The number of rotatable bonds is 5. The van der Waals surface area contributed by atoms with Crippen LogP contribution in [0.25, 0.3) is 11.0 Å². The molecule has 1 fully saturated rings. The van der Waals surface area contributed by atoms with Gasteiger partial charge in [-0.15, -0.1) is 0 Å². The van der Waals surface area contributed by atoms with Gasteiger partial charge in [-0.1, -0.05) is 0 Å². The van der Waals surface area contributed by atoms with Crippen LogP contribution in [0.15, 0.2) is 6.20 Å². The number of aryl methyl sites for hydroxylation is 2. The topological polar surface area (TPSA) is 86.5 Å². The number of anilines is 1. The zero-order chi connectivity index (χ0) is 19.6. The molecule has 3 heterocycles. The summed E-state index contributed by atoms with van der Waals surface area (Å²) < 4.78 is 12.1. The molecular weight excluding hydrogens is 348 g/mol. The third-order valence-electron chi connectivity index (χ3n) is 4.93. The van der Waals surface area contributed by atoms with Crippen molar-refractivity contribution < 1.29 is 19.1 Å². The van der Waals surface area contributed by atoms with Crippen molar-refractivity contribution in [1.29, 1.82) is 0 Å². The molecule has 0 radical (unpaired) electrons. The lowest BCUT2D eigenvalue weighted by Gasteiger charge is -2.33. The fraction of sp³-hybridized carbons (Fsp3) is 0.579. The lowest BCUT2D eigenvalue weighted by atomic mass is 9.95. The van der Waals surface area contributed by atoms with Gasteiger partial charge in [0.05, 0.1) is 35.9 Å². The first-order valence-corrected chi connectivity index (χ1v) is 9.38. The molecular formula is C19H26N4O4.